The number of benzene rings is 1. The van der Waals surface area contributed by atoms with Gasteiger partial charge >= 0.3 is 0 Å². The molecule has 4 heteroatoms. The highest BCUT2D eigenvalue weighted by Gasteiger charge is 2.00. The van der Waals surface area contributed by atoms with Crippen molar-refractivity contribution in [3.63, 3.8) is 0 Å². The van der Waals surface area contributed by atoms with Crippen LogP contribution in [0.5, 0.6) is 0 Å². The summed E-state index contributed by atoms with van der Waals surface area (Å²) in [6, 6.07) is 9.80. The Kier molecular flexibility index (Phi) is 2.83. The van der Waals surface area contributed by atoms with E-state index in [4.69, 9.17) is 11.6 Å². The summed E-state index contributed by atoms with van der Waals surface area (Å²) in [4.78, 5) is 4.00. The van der Waals surface area contributed by atoms with Gasteiger partial charge in [-0.15, -0.1) is 0 Å². The number of anilines is 2. The molecule has 0 fully saturated rings. The molecule has 0 aliphatic rings. The topological polar surface area (TPSA) is 24.9 Å². The average molecular weight is 223 g/mol. The number of aromatic nitrogens is 1. The van der Waals surface area contributed by atoms with E-state index in [1.54, 1.807) is 30.3 Å². The van der Waals surface area contributed by atoms with Crippen LogP contribution < -0.4 is 5.32 Å². The summed E-state index contributed by atoms with van der Waals surface area (Å²) in [5, 5.41) is 3.40. The van der Waals surface area contributed by atoms with Crippen LogP contribution in [0, 0.1) is 5.82 Å². The summed E-state index contributed by atoms with van der Waals surface area (Å²) in [5.74, 6) is 0.249. The molecule has 1 heterocycles. The Hall–Kier alpha value is -1.61. The first kappa shape index (κ1) is 9.93. The standard InChI is InChI=1S/C11H8ClFN2/c12-8-5-6-11(14-7-8)15-10-4-2-1-3-9(10)13/h1-7H,(H,14,15). The molecule has 0 radical (unpaired) electrons. The number of nitrogens with one attached hydrogen (secondary N) is 1. The SMILES string of the molecule is Fc1ccccc1Nc1ccc(Cl)cn1. The number of halogens is 2. The Balaban J connectivity index is 2.22. The number of hydrogen-bond donors (Lipinski definition) is 1. The van der Waals surface area contributed by atoms with Crippen molar-refractivity contribution in [1.29, 1.82) is 0 Å². The van der Waals surface area contributed by atoms with Gasteiger partial charge in [-0.25, -0.2) is 9.37 Å². The highest BCUT2D eigenvalue weighted by Crippen LogP contribution is 2.18. The van der Waals surface area contributed by atoms with E-state index < -0.39 is 0 Å². The fourth-order valence-electron chi connectivity index (χ4n) is 1.15. The van der Waals surface area contributed by atoms with Crippen LogP contribution in [0.1, 0.15) is 0 Å². The maximum atomic E-state index is 13.2. The van der Waals surface area contributed by atoms with E-state index in [1.807, 2.05) is 0 Å². The van der Waals surface area contributed by atoms with Gasteiger partial charge in [0.1, 0.15) is 11.6 Å². The zero-order valence-corrected chi connectivity index (χ0v) is 8.50. The maximum Gasteiger partial charge on any atom is 0.146 e. The molecule has 15 heavy (non-hydrogen) atoms. The number of rotatable bonds is 2. The molecule has 0 spiro atoms. The van der Waals surface area contributed by atoms with Gasteiger partial charge in [0.05, 0.1) is 10.7 Å². The normalized spacial score (nSPS) is 10.0. The van der Waals surface area contributed by atoms with Crippen LogP contribution in [0.15, 0.2) is 42.6 Å². The lowest BCUT2D eigenvalue weighted by Gasteiger charge is -2.05. The molecule has 0 saturated carbocycles. The van der Waals surface area contributed by atoms with Gasteiger partial charge in [0.25, 0.3) is 0 Å². The second-order valence-electron chi connectivity index (χ2n) is 2.97. The van der Waals surface area contributed by atoms with Crippen molar-refractivity contribution < 1.29 is 4.39 Å². The average Bonchev–Trinajstić information content (AvgIpc) is 2.25. The van der Waals surface area contributed by atoms with Crippen LogP contribution in [0.25, 0.3) is 0 Å². The molecule has 0 aliphatic carbocycles. The highest BCUT2D eigenvalue weighted by molar-refractivity contribution is 6.30. The molecule has 1 aromatic carbocycles. The molecular weight excluding hydrogens is 215 g/mol. The molecule has 0 saturated heterocycles. The first-order valence-electron chi connectivity index (χ1n) is 4.39. The first-order chi connectivity index (χ1) is 7.25. The predicted octanol–water partition coefficient (Wildman–Crippen LogP) is 3.62. The molecule has 1 aromatic heterocycles. The summed E-state index contributed by atoms with van der Waals surface area (Å²) in [6.07, 6.45) is 1.50. The van der Waals surface area contributed by atoms with Crippen LogP contribution in [0.3, 0.4) is 0 Å². The zero-order chi connectivity index (χ0) is 10.7. The van der Waals surface area contributed by atoms with Gasteiger partial charge in [-0.05, 0) is 24.3 Å². The minimum atomic E-state index is -0.311. The van der Waals surface area contributed by atoms with Gasteiger partial charge in [0.15, 0.2) is 0 Å². The molecule has 2 aromatic rings. The van der Waals surface area contributed by atoms with E-state index in [2.05, 4.69) is 10.3 Å². The molecule has 1 N–H and O–H groups in total. The third-order valence-corrected chi connectivity index (χ3v) is 2.09. The fraction of sp³-hybridized carbons (Fsp3) is 0. The zero-order valence-electron chi connectivity index (χ0n) is 7.74. The summed E-state index contributed by atoms with van der Waals surface area (Å²) in [7, 11) is 0. The molecular formula is C11H8ClFN2. The quantitative estimate of drug-likeness (QED) is 0.840. The Bertz CT molecular complexity index is 456. The van der Waals surface area contributed by atoms with E-state index in [-0.39, 0.29) is 5.82 Å². The van der Waals surface area contributed by atoms with Crippen LogP contribution in [-0.4, -0.2) is 4.98 Å². The minimum Gasteiger partial charge on any atom is -0.338 e. The first-order valence-corrected chi connectivity index (χ1v) is 4.76. The lowest BCUT2D eigenvalue weighted by Crippen LogP contribution is -1.95. The van der Waals surface area contributed by atoms with Gasteiger partial charge < -0.3 is 5.32 Å². The van der Waals surface area contributed by atoms with E-state index in [1.165, 1.54) is 12.3 Å². The van der Waals surface area contributed by atoms with Crippen LogP contribution >= 0.6 is 11.6 Å². The number of hydrogen-bond acceptors (Lipinski definition) is 2. The Morgan fingerprint density at radius 2 is 1.93 bits per heavy atom. The second-order valence-corrected chi connectivity index (χ2v) is 3.40. The monoisotopic (exact) mass is 222 g/mol. The van der Waals surface area contributed by atoms with Gasteiger partial charge in [0.2, 0.25) is 0 Å². The van der Waals surface area contributed by atoms with Crippen LogP contribution in [0.4, 0.5) is 15.9 Å². The van der Waals surface area contributed by atoms with E-state index in [0.29, 0.717) is 16.5 Å². The van der Waals surface area contributed by atoms with Gasteiger partial charge in [-0.1, -0.05) is 23.7 Å². The lowest BCUT2D eigenvalue weighted by molar-refractivity contribution is 0.632. The second kappa shape index (κ2) is 4.28. The van der Waals surface area contributed by atoms with Crippen molar-refractivity contribution in [2.45, 2.75) is 0 Å². The number of para-hydroxylation sites is 1. The van der Waals surface area contributed by atoms with Crippen molar-refractivity contribution >= 4 is 23.1 Å². The van der Waals surface area contributed by atoms with Gasteiger partial charge in [0, 0.05) is 6.20 Å². The van der Waals surface area contributed by atoms with E-state index >= 15 is 0 Å². The Labute approximate surface area is 91.7 Å². The summed E-state index contributed by atoms with van der Waals surface area (Å²) < 4.78 is 13.2. The largest absolute Gasteiger partial charge is 0.338 e. The van der Waals surface area contributed by atoms with Crippen molar-refractivity contribution in [1.82, 2.24) is 4.98 Å². The van der Waals surface area contributed by atoms with E-state index in [0.717, 1.165) is 0 Å². The molecule has 76 valence electrons. The van der Waals surface area contributed by atoms with Crippen LogP contribution in [0.2, 0.25) is 5.02 Å². The molecule has 0 unspecified atom stereocenters. The Morgan fingerprint density at radius 1 is 1.13 bits per heavy atom. The van der Waals surface area contributed by atoms with Crippen molar-refractivity contribution in [2.75, 3.05) is 5.32 Å². The Morgan fingerprint density at radius 3 is 2.60 bits per heavy atom. The van der Waals surface area contributed by atoms with Crippen molar-refractivity contribution in [3.05, 3.63) is 53.4 Å². The third-order valence-electron chi connectivity index (χ3n) is 1.86. The van der Waals surface area contributed by atoms with Crippen molar-refractivity contribution in [2.24, 2.45) is 0 Å². The fourth-order valence-corrected chi connectivity index (χ4v) is 1.26. The van der Waals surface area contributed by atoms with Crippen LogP contribution in [-0.2, 0) is 0 Å². The molecule has 0 atom stereocenters. The smallest absolute Gasteiger partial charge is 0.146 e. The third kappa shape index (κ3) is 2.44. The number of nitrogens with zero attached hydrogens (tertiary/aromatic N) is 1. The molecule has 0 bridgehead atoms. The lowest BCUT2D eigenvalue weighted by atomic mass is 10.3. The minimum absolute atomic E-state index is 0.311. The molecule has 0 amide bonds. The molecule has 2 nitrogen and oxygen atoms in total. The summed E-state index contributed by atoms with van der Waals surface area (Å²) in [6.45, 7) is 0. The van der Waals surface area contributed by atoms with Gasteiger partial charge in [-0.3, -0.25) is 0 Å². The van der Waals surface area contributed by atoms with E-state index in [9.17, 15) is 4.39 Å². The maximum absolute atomic E-state index is 13.2. The molecule has 0 aliphatic heterocycles. The highest BCUT2D eigenvalue weighted by atomic mass is 35.5. The predicted molar refractivity (Wildman–Crippen MR) is 58.9 cm³/mol. The molecule has 2 rings (SSSR count). The van der Waals surface area contributed by atoms with Gasteiger partial charge in [-0.2, -0.15) is 0 Å². The summed E-state index contributed by atoms with van der Waals surface area (Å²) >= 11 is 5.68. The number of pyridine rings is 1. The van der Waals surface area contributed by atoms with Crippen molar-refractivity contribution in [3.8, 4) is 0 Å². The summed E-state index contributed by atoms with van der Waals surface area (Å²) in [5.41, 5.74) is 0.396.